The number of hydrogen-bond donors (Lipinski definition) is 4. The van der Waals surface area contributed by atoms with E-state index in [1.807, 2.05) is 18.2 Å². The van der Waals surface area contributed by atoms with Gasteiger partial charge in [0.15, 0.2) is 0 Å². The molecule has 12 rings (SSSR count). The lowest BCUT2D eigenvalue weighted by atomic mass is 9.56. The molecule has 1 spiro atoms. The summed E-state index contributed by atoms with van der Waals surface area (Å²) < 4.78 is 58.2. The van der Waals surface area contributed by atoms with E-state index in [-0.39, 0.29) is 70.1 Å². The van der Waals surface area contributed by atoms with Crippen molar-refractivity contribution in [2.45, 2.75) is 126 Å². The molecular formula is C51H57ClF4N8O5. The highest BCUT2D eigenvalue weighted by Crippen LogP contribution is 2.58. The molecule has 3 aliphatic carbocycles. The molecule has 1 unspecified atom stereocenters. The number of hydrogen-bond acceptors (Lipinski definition) is 9. The van der Waals surface area contributed by atoms with Crippen LogP contribution >= 0.6 is 11.6 Å². The van der Waals surface area contributed by atoms with E-state index >= 15 is 9.18 Å². The van der Waals surface area contributed by atoms with E-state index in [1.54, 1.807) is 17.0 Å². The number of nitrogens with one attached hydrogen (secondary N) is 4. The highest BCUT2D eigenvalue weighted by molar-refractivity contribution is 6.30. The Hall–Kier alpha value is -5.29. The Morgan fingerprint density at radius 1 is 0.942 bits per heavy atom. The summed E-state index contributed by atoms with van der Waals surface area (Å²) in [6, 6.07) is 9.42. The number of likely N-dealkylation sites (tertiary alicyclic amines) is 1. The van der Waals surface area contributed by atoms with Gasteiger partial charge in [-0.05, 0) is 98.2 Å². The zero-order valence-corrected chi connectivity index (χ0v) is 39.7. The molecule has 3 saturated carbocycles. The van der Waals surface area contributed by atoms with Gasteiger partial charge in [-0.3, -0.25) is 34.3 Å². The summed E-state index contributed by atoms with van der Waals surface area (Å²) in [5.41, 5.74) is -0.104. The monoisotopic (exact) mass is 972 g/mol. The standard InChI is InChI=1S/C51H57ClF4N8O5/c1-47(2,3)19-38-50(26-58-35-18-37(51(54,55)56)57-20-33(35)50)40(32-5-4-6-34(52)41(32)53)42(59-38)44(67)61-49-14-11-48(12-15-49,13-16-49)46(69)63-23-28-21-62(22-29(28)24-63)30-7-8-31-27(17-30)25-64(45(31)68)36-9-10-39(65)60-43(36)66/h4-8,17-18,20,28-29,36,38,40,42,58-59H,9-16,19,21-26H2,1-3H3,(H,61,67)(H,60,65,66)/t28-,29-,36?,38+,40+,42-,48?,49?,50+/m1/s1. The molecule has 7 heterocycles. The van der Waals surface area contributed by atoms with Crippen molar-refractivity contribution < 1.29 is 41.5 Å². The van der Waals surface area contributed by atoms with Crippen LogP contribution in [-0.2, 0) is 37.3 Å². The molecule has 3 aromatic rings. The number of alkyl halides is 3. The largest absolute Gasteiger partial charge is 0.433 e. The number of nitrogens with zero attached hydrogens (tertiary/aromatic N) is 4. The number of amides is 5. The quantitative estimate of drug-likeness (QED) is 0.150. The van der Waals surface area contributed by atoms with E-state index in [0.717, 1.165) is 30.4 Å². The van der Waals surface area contributed by atoms with Gasteiger partial charge < -0.3 is 30.7 Å². The van der Waals surface area contributed by atoms with Crippen LogP contribution in [0.2, 0.25) is 5.02 Å². The van der Waals surface area contributed by atoms with E-state index in [4.69, 9.17) is 11.6 Å². The topological polar surface area (TPSA) is 156 Å². The predicted molar refractivity (Wildman–Crippen MR) is 248 cm³/mol. The number of carbonyl (C=O) groups is 5. The lowest BCUT2D eigenvalue weighted by molar-refractivity contribution is -0.150. The number of imide groups is 1. The summed E-state index contributed by atoms with van der Waals surface area (Å²) in [6.45, 7) is 9.51. The van der Waals surface area contributed by atoms with Crippen LogP contribution in [0.3, 0.4) is 0 Å². The van der Waals surface area contributed by atoms with Crippen molar-refractivity contribution in [3.8, 4) is 0 Å². The number of anilines is 2. The Morgan fingerprint density at radius 2 is 1.65 bits per heavy atom. The lowest BCUT2D eigenvalue weighted by Crippen LogP contribution is -2.62. The van der Waals surface area contributed by atoms with Crippen molar-refractivity contribution in [1.82, 2.24) is 30.7 Å². The molecule has 18 heteroatoms. The molecule has 4 saturated heterocycles. The molecule has 4 N–H and O–H groups in total. The summed E-state index contributed by atoms with van der Waals surface area (Å²) in [6.07, 6.45) is 1.29. The van der Waals surface area contributed by atoms with Crippen LogP contribution in [0.15, 0.2) is 48.7 Å². The average Bonchev–Trinajstić information content (AvgIpc) is 4.12. The molecule has 5 amide bonds. The van der Waals surface area contributed by atoms with Crippen molar-refractivity contribution in [3.05, 3.63) is 87.4 Å². The van der Waals surface area contributed by atoms with Crippen molar-refractivity contribution >= 4 is 52.5 Å². The number of piperidine rings is 1. The Labute approximate surface area is 402 Å². The minimum atomic E-state index is -4.67. The molecule has 9 aliphatic rings. The molecular weight excluding hydrogens is 916 g/mol. The maximum Gasteiger partial charge on any atom is 0.433 e. The number of pyridine rings is 1. The van der Waals surface area contributed by atoms with Crippen LogP contribution in [0.1, 0.15) is 117 Å². The van der Waals surface area contributed by atoms with Crippen molar-refractivity contribution in [3.63, 3.8) is 0 Å². The Morgan fingerprint density at radius 3 is 2.32 bits per heavy atom. The third-order valence-corrected chi connectivity index (χ3v) is 17.6. The van der Waals surface area contributed by atoms with E-state index in [9.17, 15) is 32.3 Å². The van der Waals surface area contributed by atoms with Gasteiger partial charge in [0.25, 0.3) is 5.91 Å². The second-order valence-electron chi connectivity index (χ2n) is 22.5. The molecule has 0 radical (unpaired) electrons. The van der Waals surface area contributed by atoms with Crippen LogP contribution in [0.5, 0.6) is 0 Å². The number of halogens is 5. The molecule has 2 aromatic carbocycles. The summed E-state index contributed by atoms with van der Waals surface area (Å²) >= 11 is 6.42. The number of aromatic nitrogens is 1. The summed E-state index contributed by atoms with van der Waals surface area (Å²) in [5, 5.41) is 12.5. The first-order valence-corrected chi connectivity index (χ1v) is 24.7. The first-order chi connectivity index (χ1) is 32.7. The second kappa shape index (κ2) is 16.1. The minimum absolute atomic E-state index is 0.115. The third kappa shape index (κ3) is 7.57. The van der Waals surface area contributed by atoms with Gasteiger partial charge in [-0.2, -0.15) is 13.2 Å². The molecule has 2 bridgehead atoms. The molecule has 7 atom stereocenters. The van der Waals surface area contributed by atoms with Gasteiger partial charge in [-0.15, -0.1) is 0 Å². The van der Waals surface area contributed by atoms with Crippen LogP contribution in [0.25, 0.3) is 0 Å². The Bertz CT molecular complexity index is 2650. The molecule has 366 valence electrons. The average molecular weight is 974 g/mol. The molecule has 13 nitrogen and oxygen atoms in total. The fourth-order valence-electron chi connectivity index (χ4n) is 13.8. The van der Waals surface area contributed by atoms with Crippen molar-refractivity contribution in [2.24, 2.45) is 22.7 Å². The molecule has 1 aromatic heterocycles. The van der Waals surface area contributed by atoms with Gasteiger partial charge in [-0.1, -0.05) is 44.5 Å². The fraction of sp³-hybridized carbons (Fsp3) is 0.569. The van der Waals surface area contributed by atoms with E-state index in [0.29, 0.717) is 82.1 Å². The Kier molecular flexibility index (Phi) is 10.8. The van der Waals surface area contributed by atoms with Gasteiger partial charge in [-0.25, -0.2) is 4.39 Å². The van der Waals surface area contributed by atoms with Gasteiger partial charge in [0.05, 0.1) is 11.1 Å². The highest BCUT2D eigenvalue weighted by atomic mass is 35.5. The minimum Gasteiger partial charge on any atom is -0.384 e. The van der Waals surface area contributed by atoms with E-state index in [2.05, 4.69) is 56.8 Å². The van der Waals surface area contributed by atoms with Crippen LogP contribution < -0.4 is 26.2 Å². The maximum atomic E-state index is 16.4. The summed E-state index contributed by atoms with van der Waals surface area (Å²) in [5.74, 6) is -2.06. The smallest absolute Gasteiger partial charge is 0.384 e. The van der Waals surface area contributed by atoms with Gasteiger partial charge in [0, 0.05) is 115 Å². The van der Waals surface area contributed by atoms with Crippen LogP contribution in [0.4, 0.5) is 28.9 Å². The molecule has 7 fully saturated rings. The summed E-state index contributed by atoms with van der Waals surface area (Å²) in [4.78, 5) is 77.0. The summed E-state index contributed by atoms with van der Waals surface area (Å²) in [7, 11) is 0. The maximum absolute atomic E-state index is 16.4. The van der Waals surface area contributed by atoms with Crippen LogP contribution in [0, 0.1) is 28.5 Å². The first kappa shape index (κ1) is 46.1. The fourth-order valence-corrected chi connectivity index (χ4v) is 14.0. The number of fused-ring (bicyclic) bond motifs is 7. The predicted octanol–water partition coefficient (Wildman–Crippen LogP) is 6.68. The third-order valence-electron chi connectivity index (χ3n) is 17.3. The normalized spacial score (nSPS) is 32.6. The van der Waals surface area contributed by atoms with Gasteiger partial charge in [0.1, 0.15) is 17.6 Å². The lowest BCUT2D eigenvalue weighted by Gasteiger charge is -2.53. The zero-order chi connectivity index (χ0) is 48.6. The second-order valence-corrected chi connectivity index (χ2v) is 22.9. The number of rotatable bonds is 7. The number of benzene rings is 2. The SMILES string of the molecule is CC(C)(C)C[C@@H]1N[C@@H](C(=O)NC23CCC(C(=O)N4C[C@H]5CN(c6ccc7c(c6)CN(C6CCC(=O)NC6=O)C7=O)C[C@@H]5C4)(CC2)CC3)[C@H](c2cccc(Cl)c2F)[C@]12CNc1cc(C(F)(F)F)ncc12. The first-order valence-electron chi connectivity index (χ1n) is 24.3. The highest BCUT2D eigenvalue weighted by Gasteiger charge is 2.63. The Balaban J connectivity index is 0.769. The number of carbonyl (C=O) groups excluding carboxylic acids is 5. The van der Waals surface area contributed by atoms with Crippen molar-refractivity contribution in [2.75, 3.05) is 42.9 Å². The van der Waals surface area contributed by atoms with Crippen LogP contribution in [-0.4, -0.2) is 101 Å². The van der Waals surface area contributed by atoms with Crippen molar-refractivity contribution in [1.29, 1.82) is 0 Å². The van der Waals surface area contributed by atoms with E-state index in [1.165, 1.54) is 12.3 Å². The van der Waals surface area contributed by atoms with Gasteiger partial charge in [0.2, 0.25) is 23.6 Å². The molecule has 6 aliphatic heterocycles. The van der Waals surface area contributed by atoms with E-state index < -0.39 is 64.0 Å². The zero-order valence-electron chi connectivity index (χ0n) is 38.9. The molecule has 69 heavy (non-hydrogen) atoms. The van der Waals surface area contributed by atoms with Gasteiger partial charge >= 0.3 is 6.18 Å².